The molecule has 3 heteroatoms. The number of terminal acetylenes is 1. The first-order valence-electron chi connectivity index (χ1n) is 5.19. The van der Waals surface area contributed by atoms with Crippen LogP contribution in [0, 0.1) is 12.3 Å². The molecule has 1 amide bonds. The Morgan fingerprint density at radius 1 is 1.50 bits per heavy atom. The summed E-state index contributed by atoms with van der Waals surface area (Å²) in [5.41, 5.74) is 0. The number of hydrogen-bond donors (Lipinski definition) is 1. The van der Waals surface area contributed by atoms with Crippen LogP contribution in [0.15, 0.2) is 30.3 Å². The summed E-state index contributed by atoms with van der Waals surface area (Å²) < 4.78 is 5.28. The predicted octanol–water partition coefficient (Wildman–Crippen LogP) is 1.59. The summed E-state index contributed by atoms with van der Waals surface area (Å²) in [6.45, 7) is 1.91. The maximum absolute atomic E-state index is 11.4. The van der Waals surface area contributed by atoms with Gasteiger partial charge in [-0.3, -0.25) is 4.79 Å². The van der Waals surface area contributed by atoms with Crippen LogP contribution in [-0.4, -0.2) is 18.6 Å². The van der Waals surface area contributed by atoms with Crippen LogP contribution >= 0.6 is 0 Å². The summed E-state index contributed by atoms with van der Waals surface area (Å²) in [5, 5.41) is 2.69. The van der Waals surface area contributed by atoms with Crippen LogP contribution in [0.2, 0.25) is 0 Å². The van der Waals surface area contributed by atoms with E-state index in [9.17, 15) is 4.79 Å². The molecule has 0 radical (unpaired) electrons. The fourth-order valence-corrected chi connectivity index (χ4v) is 1.16. The van der Waals surface area contributed by atoms with Crippen molar-refractivity contribution in [1.29, 1.82) is 0 Å². The lowest BCUT2D eigenvalue weighted by Gasteiger charge is -2.11. The van der Waals surface area contributed by atoms with E-state index in [1.54, 1.807) is 12.1 Å². The molecule has 3 nitrogen and oxygen atoms in total. The Bertz CT molecular complexity index is 367. The molecule has 0 aliphatic heterocycles. The molecule has 0 heterocycles. The molecule has 1 unspecified atom stereocenters. The van der Waals surface area contributed by atoms with Crippen molar-refractivity contribution >= 4 is 5.91 Å². The van der Waals surface area contributed by atoms with Crippen LogP contribution in [-0.2, 0) is 4.79 Å². The van der Waals surface area contributed by atoms with Crippen molar-refractivity contribution in [2.24, 2.45) is 0 Å². The van der Waals surface area contributed by atoms with Gasteiger partial charge in [0.15, 0.2) is 6.61 Å². The lowest BCUT2D eigenvalue weighted by Crippen LogP contribution is -2.36. The summed E-state index contributed by atoms with van der Waals surface area (Å²) in [7, 11) is 0. The van der Waals surface area contributed by atoms with E-state index in [0.29, 0.717) is 12.2 Å². The molecular weight excluding hydrogens is 202 g/mol. The highest BCUT2D eigenvalue weighted by atomic mass is 16.5. The first-order valence-corrected chi connectivity index (χ1v) is 5.19. The maximum Gasteiger partial charge on any atom is 0.258 e. The molecule has 0 spiro atoms. The second kappa shape index (κ2) is 6.52. The number of rotatable bonds is 5. The fourth-order valence-electron chi connectivity index (χ4n) is 1.16. The van der Waals surface area contributed by atoms with Crippen LogP contribution in [0.25, 0.3) is 0 Å². The summed E-state index contributed by atoms with van der Waals surface area (Å²) in [6.07, 6.45) is 5.95. The van der Waals surface area contributed by atoms with Crippen molar-refractivity contribution < 1.29 is 9.53 Å². The van der Waals surface area contributed by atoms with Crippen LogP contribution in [0.3, 0.4) is 0 Å². The average molecular weight is 217 g/mol. The summed E-state index contributed by atoms with van der Waals surface area (Å²) >= 11 is 0. The normalized spacial score (nSPS) is 11.2. The molecule has 84 valence electrons. The Morgan fingerprint density at radius 3 is 2.75 bits per heavy atom. The van der Waals surface area contributed by atoms with E-state index in [1.165, 1.54) is 0 Å². The van der Waals surface area contributed by atoms with E-state index in [1.807, 2.05) is 25.1 Å². The summed E-state index contributed by atoms with van der Waals surface area (Å²) in [4.78, 5) is 11.4. The van der Waals surface area contributed by atoms with Gasteiger partial charge in [-0.1, -0.05) is 31.0 Å². The number of ether oxygens (including phenoxy) is 1. The Labute approximate surface area is 95.8 Å². The van der Waals surface area contributed by atoms with E-state index < -0.39 is 0 Å². The van der Waals surface area contributed by atoms with Crippen LogP contribution in [0.1, 0.15) is 13.3 Å². The highest BCUT2D eigenvalue weighted by molar-refractivity contribution is 5.78. The number of amides is 1. The van der Waals surface area contributed by atoms with Gasteiger partial charge < -0.3 is 10.1 Å². The third kappa shape index (κ3) is 4.05. The maximum atomic E-state index is 11.4. The van der Waals surface area contributed by atoms with Gasteiger partial charge in [0.1, 0.15) is 5.75 Å². The molecular formula is C13H15NO2. The summed E-state index contributed by atoms with van der Waals surface area (Å²) in [5.74, 6) is 2.97. The van der Waals surface area contributed by atoms with Crippen LogP contribution in [0.5, 0.6) is 5.75 Å². The minimum absolute atomic E-state index is 0.0117. The molecule has 0 aliphatic carbocycles. The zero-order chi connectivity index (χ0) is 11.8. The smallest absolute Gasteiger partial charge is 0.258 e. The van der Waals surface area contributed by atoms with Gasteiger partial charge in [-0.05, 0) is 18.6 Å². The van der Waals surface area contributed by atoms with Crippen LogP contribution < -0.4 is 10.1 Å². The SMILES string of the molecule is C#CC(CC)NC(=O)COc1ccccc1. The largest absolute Gasteiger partial charge is 0.484 e. The Kier molecular flexibility index (Phi) is 4.94. The van der Waals surface area contributed by atoms with Gasteiger partial charge in [0.2, 0.25) is 0 Å². The molecule has 1 rings (SSSR count). The molecule has 1 aromatic rings. The Balaban J connectivity index is 2.34. The topological polar surface area (TPSA) is 38.3 Å². The fraction of sp³-hybridized carbons (Fsp3) is 0.308. The third-order valence-electron chi connectivity index (χ3n) is 2.06. The zero-order valence-electron chi connectivity index (χ0n) is 9.27. The molecule has 1 N–H and O–H groups in total. The number of carbonyl (C=O) groups excluding carboxylic acids is 1. The van der Waals surface area contributed by atoms with Gasteiger partial charge in [-0.2, -0.15) is 0 Å². The van der Waals surface area contributed by atoms with Gasteiger partial charge in [-0.25, -0.2) is 0 Å². The van der Waals surface area contributed by atoms with Crippen molar-refractivity contribution in [3.05, 3.63) is 30.3 Å². The second-order valence-corrected chi connectivity index (χ2v) is 3.30. The van der Waals surface area contributed by atoms with Crippen molar-refractivity contribution in [2.45, 2.75) is 19.4 Å². The van der Waals surface area contributed by atoms with E-state index in [0.717, 1.165) is 0 Å². The first-order chi connectivity index (χ1) is 7.76. The van der Waals surface area contributed by atoms with E-state index >= 15 is 0 Å². The second-order valence-electron chi connectivity index (χ2n) is 3.30. The third-order valence-corrected chi connectivity index (χ3v) is 2.06. The minimum Gasteiger partial charge on any atom is -0.484 e. The number of hydrogen-bond acceptors (Lipinski definition) is 2. The lowest BCUT2D eigenvalue weighted by atomic mass is 10.2. The minimum atomic E-state index is -0.216. The van der Waals surface area contributed by atoms with E-state index in [2.05, 4.69) is 11.2 Å². The number of nitrogens with one attached hydrogen (secondary N) is 1. The Morgan fingerprint density at radius 2 is 2.19 bits per heavy atom. The molecule has 0 fully saturated rings. The lowest BCUT2D eigenvalue weighted by molar-refractivity contribution is -0.123. The van der Waals surface area contributed by atoms with Gasteiger partial charge >= 0.3 is 0 Å². The molecule has 1 atom stereocenters. The monoisotopic (exact) mass is 217 g/mol. The summed E-state index contributed by atoms with van der Waals surface area (Å²) in [6, 6.07) is 8.97. The van der Waals surface area contributed by atoms with Crippen molar-refractivity contribution in [3.8, 4) is 18.1 Å². The molecule has 1 aromatic carbocycles. The quantitative estimate of drug-likeness (QED) is 0.761. The molecule has 0 aromatic heterocycles. The highest BCUT2D eigenvalue weighted by Gasteiger charge is 2.07. The number of para-hydroxylation sites is 1. The van der Waals surface area contributed by atoms with E-state index in [-0.39, 0.29) is 18.6 Å². The van der Waals surface area contributed by atoms with E-state index in [4.69, 9.17) is 11.2 Å². The highest BCUT2D eigenvalue weighted by Crippen LogP contribution is 2.07. The van der Waals surface area contributed by atoms with Crippen molar-refractivity contribution in [2.75, 3.05) is 6.61 Å². The average Bonchev–Trinajstić information content (AvgIpc) is 2.34. The van der Waals surface area contributed by atoms with Gasteiger partial charge in [-0.15, -0.1) is 6.42 Å². The molecule has 0 saturated heterocycles. The van der Waals surface area contributed by atoms with Gasteiger partial charge in [0.25, 0.3) is 5.91 Å². The molecule has 0 bridgehead atoms. The first kappa shape index (κ1) is 12.1. The molecule has 0 saturated carbocycles. The van der Waals surface area contributed by atoms with Crippen LogP contribution in [0.4, 0.5) is 0 Å². The number of carbonyl (C=O) groups is 1. The van der Waals surface area contributed by atoms with Crippen molar-refractivity contribution in [3.63, 3.8) is 0 Å². The van der Waals surface area contributed by atoms with Crippen molar-refractivity contribution in [1.82, 2.24) is 5.32 Å². The van der Waals surface area contributed by atoms with Gasteiger partial charge in [0.05, 0.1) is 6.04 Å². The Hall–Kier alpha value is -1.95. The van der Waals surface area contributed by atoms with Gasteiger partial charge in [0, 0.05) is 0 Å². The molecule has 0 aliphatic rings. The molecule has 16 heavy (non-hydrogen) atoms. The number of benzene rings is 1. The standard InChI is InChI=1S/C13H15NO2/c1-3-11(4-2)14-13(15)10-16-12-8-6-5-7-9-12/h1,5-9,11H,4,10H2,2H3,(H,14,15). The predicted molar refractivity (Wildman–Crippen MR) is 63.0 cm³/mol. The zero-order valence-corrected chi connectivity index (χ0v) is 9.27.